The van der Waals surface area contributed by atoms with E-state index in [0.717, 1.165) is 30.4 Å². The van der Waals surface area contributed by atoms with Gasteiger partial charge in [-0.25, -0.2) is 0 Å². The summed E-state index contributed by atoms with van der Waals surface area (Å²) in [6.45, 7) is 1.87. The van der Waals surface area contributed by atoms with Crippen molar-refractivity contribution in [3.05, 3.63) is 34.3 Å². The monoisotopic (exact) mass is 339 g/mol. The van der Waals surface area contributed by atoms with Gasteiger partial charge in [0.1, 0.15) is 0 Å². The number of halogens is 1. The zero-order chi connectivity index (χ0) is 14.5. The average Bonchev–Trinajstić information content (AvgIpc) is 2.40. The highest BCUT2D eigenvalue weighted by atomic mass is 79.9. The van der Waals surface area contributed by atoms with Crippen LogP contribution in [0.5, 0.6) is 0 Å². The lowest BCUT2D eigenvalue weighted by Crippen LogP contribution is -2.46. The van der Waals surface area contributed by atoms with Gasteiger partial charge < -0.3 is 11.1 Å². The fourth-order valence-corrected chi connectivity index (χ4v) is 2.75. The van der Waals surface area contributed by atoms with Crippen LogP contribution in [0.1, 0.15) is 23.2 Å². The third-order valence-electron chi connectivity index (χ3n) is 3.39. The Morgan fingerprint density at radius 1 is 1.35 bits per heavy atom. The quantitative estimate of drug-likeness (QED) is 0.863. The molecule has 0 bridgehead atoms. The van der Waals surface area contributed by atoms with Crippen LogP contribution in [0, 0.1) is 0 Å². The number of amides is 2. The van der Waals surface area contributed by atoms with E-state index in [2.05, 4.69) is 21.2 Å². The first-order chi connectivity index (χ1) is 9.54. The van der Waals surface area contributed by atoms with Gasteiger partial charge >= 0.3 is 0 Å². The molecule has 0 radical (unpaired) electrons. The molecule has 0 unspecified atom stereocenters. The standard InChI is InChI=1S/C14H18BrN3O2/c15-11-3-1-2-10(8-11)14(20)17-12-4-6-18(7-5-12)9-13(16)19/h1-3,8,12H,4-7,9H2,(H2,16,19)(H,17,20). The zero-order valence-corrected chi connectivity index (χ0v) is 12.7. The largest absolute Gasteiger partial charge is 0.369 e. The number of hydrogen-bond acceptors (Lipinski definition) is 3. The molecule has 108 valence electrons. The maximum Gasteiger partial charge on any atom is 0.251 e. The Morgan fingerprint density at radius 2 is 2.05 bits per heavy atom. The number of carbonyl (C=O) groups is 2. The number of nitrogens with two attached hydrogens (primary N) is 1. The fraction of sp³-hybridized carbons (Fsp3) is 0.429. The van der Waals surface area contributed by atoms with Crippen LogP contribution >= 0.6 is 15.9 Å². The van der Waals surface area contributed by atoms with E-state index < -0.39 is 0 Å². The smallest absolute Gasteiger partial charge is 0.251 e. The molecule has 2 amide bonds. The first-order valence-electron chi connectivity index (χ1n) is 6.61. The summed E-state index contributed by atoms with van der Waals surface area (Å²) in [5.74, 6) is -0.360. The summed E-state index contributed by atoms with van der Waals surface area (Å²) >= 11 is 3.36. The van der Waals surface area contributed by atoms with E-state index in [9.17, 15) is 9.59 Å². The summed E-state index contributed by atoms with van der Waals surface area (Å²) in [5, 5.41) is 3.03. The summed E-state index contributed by atoms with van der Waals surface area (Å²) in [6, 6.07) is 7.48. The van der Waals surface area contributed by atoms with E-state index in [0.29, 0.717) is 12.1 Å². The Bertz CT molecular complexity index is 499. The first-order valence-corrected chi connectivity index (χ1v) is 7.41. The predicted octanol–water partition coefficient (Wildman–Crippen LogP) is 1.13. The van der Waals surface area contributed by atoms with Gasteiger partial charge in [0.15, 0.2) is 0 Å². The van der Waals surface area contributed by atoms with Gasteiger partial charge in [0.2, 0.25) is 5.91 Å². The van der Waals surface area contributed by atoms with Crippen LogP contribution in [-0.4, -0.2) is 42.4 Å². The molecule has 1 heterocycles. The van der Waals surface area contributed by atoms with Crippen LogP contribution in [0.15, 0.2) is 28.7 Å². The molecule has 1 aliphatic heterocycles. The van der Waals surface area contributed by atoms with Crippen molar-refractivity contribution >= 4 is 27.7 Å². The van der Waals surface area contributed by atoms with Gasteiger partial charge in [-0.2, -0.15) is 0 Å². The molecule has 1 saturated heterocycles. The second kappa shape index (κ2) is 6.85. The highest BCUT2D eigenvalue weighted by Crippen LogP contribution is 2.14. The first kappa shape index (κ1) is 15.0. The molecule has 0 saturated carbocycles. The minimum absolute atomic E-state index is 0.0559. The summed E-state index contributed by atoms with van der Waals surface area (Å²) in [6.07, 6.45) is 1.68. The highest BCUT2D eigenvalue weighted by molar-refractivity contribution is 9.10. The molecule has 1 aromatic carbocycles. The van der Waals surface area contributed by atoms with Crippen LogP contribution in [0.3, 0.4) is 0 Å². The molecule has 3 N–H and O–H groups in total. The van der Waals surface area contributed by atoms with E-state index >= 15 is 0 Å². The zero-order valence-electron chi connectivity index (χ0n) is 11.1. The maximum absolute atomic E-state index is 12.1. The number of likely N-dealkylation sites (tertiary alicyclic amines) is 1. The number of hydrogen-bond donors (Lipinski definition) is 2. The van der Waals surface area contributed by atoms with Crippen molar-refractivity contribution in [2.45, 2.75) is 18.9 Å². The van der Waals surface area contributed by atoms with Gasteiger partial charge in [0.25, 0.3) is 5.91 Å². The third kappa shape index (κ3) is 4.31. The summed E-state index contributed by atoms with van der Waals surface area (Å²) in [4.78, 5) is 25.0. The molecule has 1 fully saturated rings. The summed E-state index contributed by atoms with van der Waals surface area (Å²) in [5.41, 5.74) is 5.83. The van der Waals surface area contributed by atoms with Crippen LogP contribution in [0.2, 0.25) is 0 Å². The van der Waals surface area contributed by atoms with E-state index in [1.165, 1.54) is 0 Å². The van der Waals surface area contributed by atoms with Gasteiger partial charge in [0.05, 0.1) is 6.54 Å². The van der Waals surface area contributed by atoms with E-state index in [1.807, 2.05) is 17.0 Å². The fourth-order valence-electron chi connectivity index (χ4n) is 2.35. The van der Waals surface area contributed by atoms with Gasteiger partial charge in [0, 0.05) is 29.2 Å². The van der Waals surface area contributed by atoms with Gasteiger partial charge in [-0.15, -0.1) is 0 Å². The molecule has 2 rings (SSSR count). The number of carbonyl (C=O) groups excluding carboxylic acids is 2. The van der Waals surface area contributed by atoms with Gasteiger partial charge in [-0.1, -0.05) is 22.0 Å². The Kier molecular flexibility index (Phi) is 5.14. The Labute approximate surface area is 126 Å². The molecular formula is C14H18BrN3O2. The van der Waals surface area contributed by atoms with E-state index in [1.54, 1.807) is 12.1 Å². The maximum atomic E-state index is 12.1. The lowest BCUT2D eigenvalue weighted by atomic mass is 10.0. The molecule has 1 aliphatic rings. The Hall–Kier alpha value is -1.40. The summed E-state index contributed by atoms with van der Waals surface area (Å²) in [7, 11) is 0. The molecule has 0 aromatic heterocycles. The number of rotatable bonds is 4. The normalized spacial score (nSPS) is 16.9. The number of piperidine rings is 1. The average molecular weight is 340 g/mol. The minimum atomic E-state index is -0.304. The van der Waals surface area contributed by atoms with Gasteiger partial charge in [-0.05, 0) is 31.0 Å². The number of nitrogens with one attached hydrogen (secondary N) is 1. The predicted molar refractivity (Wildman–Crippen MR) is 80.3 cm³/mol. The summed E-state index contributed by atoms with van der Waals surface area (Å²) < 4.78 is 0.890. The number of primary amides is 1. The van der Waals surface area contributed by atoms with Crippen molar-refractivity contribution in [2.75, 3.05) is 19.6 Å². The molecule has 6 heteroatoms. The second-order valence-electron chi connectivity index (χ2n) is 5.00. The Balaban J connectivity index is 1.83. The minimum Gasteiger partial charge on any atom is -0.369 e. The van der Waals surface area contributed by atoms with Crippen LogP contribution in [-0.2, 0) is 4.79 Å². The van der Waals surface area contributed by atoms with Crippen LogP contribution in [0.4, 0.5) is 0 Å². The number of nitrogens with zero attached hydrogens (tertiary/aromatic N) is 1. The van der Waals surface area contributed by atoms with Crippen molar-refractivity contribution in [3.63, 3.8) is 0 Å². The Morgan fingerprint density at radius 3 is 2.65 bits per heavy atom. The second-order valence-corrected chi connectivity index (χ2v) is 5.92. The lowest BCUT2D eigenvalue weighted by Gasteiger charge is -2.31. The van der Waals surface area contributed by atoms with E-state index in [-0.39, 0.29) is 17.9 Å². The van der Waals surface area contributed by atoms with Crippen molar-refractivity contribution in [1.82, 2.24) is 10.2 Å². The third-order valence-corrected chi connectivity index (χ3v) is 3.88. The van der Waals surface area contributed by atoms with Crippen molar-refractivity contribution in [2.24, 2.45) is 5.73 Å². The molecule has 20 heavy (non-hydrogen) atoms. The topological polar surface area (TPSA) is 75.4 Å². The van der Waals surface area contributed by atoms with Crippen LogP contribution in [0.25, 0.3) is 0 Å². The molecule has 0 atom stereocenters. The van der Waals surface area contributed by atoms with Crippen LogP contribution < -0.4 is 11.1 Å². The lowest BCUT2D eigenvalue weighted by molar-refractivity contribution is -0.119. The van der Waals surface area contributed by atoms with Crippen molar-refractivity contribution in [3.8, 4) is 0 Å². The van der Waals surface area contributed by atoms with Gasteiger partial charge in [-0.3, -0.25) is 14.5 Å². The molecule has 5 nitrogen and oxygen atoms in total. The molecule has 0 aliphatic carbocycles. The van der Waals surface area contributed by atoms with Crippen molar-refractivity contribution in [1.29, 1.82) is 0 Å². The highest BCUT2D eigenvalue weighted by Gasteiger charge is 2.21. The van der Waals surface area contributed by atoms with Crippen molar-refractivity contribution < 1.29 is 9.59 Å². The molecule has 0 spiro atoms. The van der Waals surface area contributed by atoms with E-state index in [4.69, 9.17) is 5.73 Å². The molecular weight excluding hydrogens is 322 g/mol. The SMILES string of the molecule is NC(=O)CN1CCC(NC(=O)c2cccc(Br)c2)CC1. The molecule has 1 aromatic rings. The number of benzene rings is 1.